The summed E-state index contributed by atoms with van der Waals surface area (Å²) in [4.78, 5) is 23.2. The predicted octanol–water partition coefficient (Wildman–Crippen LogP) is 4.18. The molecule has 9 heteroatoms. The van der Waals surface area contributed by atoms with Crippen LogP contribution in [0.5, 0.6) is 0 Å². The van der Waals surface area contributed by atoms with E-state index in [9.17, 15) is 23.1 Å². The third-order valence-corrected chi connectivity index (χ3v) is 5.91. The van der Waals surface area contributed by atoms with E-state index >= 15 is 0 Å². The fraction of sp³-hybridized carbons (Fsp3) is 0.211. The molecule has 1 N–H and O–H groups in total. The third kappa shape index (κ3) is 2.39. The summed E-state index contributed by atoms with van der Waals surface area (Å²) in [5, 5.41) is 11.0. The van der Waals surface area contributed by atoms with Crippen LogP contribution in [0.4, 0.5) is 24.5 Å². The van der Waals surface area contributed by atoms with Crippen LogP contribution in [0.25, 0.3) is 10.2 Å². The topological polar surface area (TPSA) is 65.8 Å². The van der Waals surface area contributed by atoms with E-state index in [1.807, 2.05) is 18.2 Å². The Morgan fingerprint density at radius 3 is 2.79 bits per heavy atom. The van der Waals surface area contributed by atoms with Gasteiger partial charge in [-0.1, -0.05) is 0 Å². The summed E-state index contributed by atoms with van der Waals surface area (Å²) >= 11 is 1.47. The minimum absolute atomic E-state index is 0.0566. The van der Waals surface area contributed by atoms with E-state index in [1.165, 1.54) is 17.4 Å². The molecule has 2 aliphatic rings. The second-order valence-electron chi connectivity index (χ2n) is 6.76. The van der Waals surface area contributed by atoms with Crippen molar-refractivity contribution in [2.45, 2.75) is 18.2 Å². The predicted molar refractivity (Wildman–Crippen MR) is 99.4 cm³/mol. The van der Waals surface area contributed by atoms with Gasteiger partial charge < -0.3 is 10.0 Å². The molecule has 1 aromatic heterocycles. The molecule has 0 aliphatic carbocycles. The third-order valence-electron chi connectivity index (χ3n) is 5.12. The van der Waals surface area contributed by atoms with Gasteiger partial charge in [0.2, 0.25) is 5.78 Å². The Hall–Kier alpha value is -2.78. The van der Waals surface area contributed by atoms with Crippen LogP contribution in [0.15, 0.2) is 46.9 Å². The lowest BCUT2D eigenvalue weighted by atomic mass is 9.87. The fourth-order valence-electron chi connectivity index (χ4n) is 3.67. The summed E-state index contributed by atoms with van der Waals surface area (Å²) < 4.78 is 40.0. The van der Waals surface area contributed by atoms with Crippen LogP contribution >= 0.6 is 11.3 Å². The molecule has 5 nitrogen and oxygen atoms in total. The molecule has 2 aromatic carbocycles. The van der Waals surface area contributed by atoms with Gasteiger partial charge in [-0.05, 0) is 36.4 Å². The van der Waals surface area contributed by atoms with E-state index in [4.69, 9.17) is 0 Å². The summed E-state index contributed by atoms with van der Waals surface area (Å²) in [6.45, 7) is 0.325. The molecule has 0 radical (unpaired) electrons. The number of Topliss-reactive ketones (excluding diaryl/α,β-unsaturated/α-hetero) is 1. The number of ketones is 1. The number of alkyl halides is 3. The average Bonchev–Trinajstić information content (AvgIpc) is 3.25. The molecule has 28 heavy (non-hydrogen) atoms. The summed E-state index contributed by atoms with van der Waals surface area (Å²) in [5.41, 5.74) is 0.367. The molecule has 142 valence electrons. The standard InChI is InChI=1S/C19H12F3N3O2S/c20-19(21,22)10-1-3-13-12(7-10)16(26)18(27)5-6-25(17(18)24-13)11-2-4-14-15(8-11)28-9-23-14/h1-4,7-9,27H,5-6H2/t18-/m1/s1. The van der Waals surface area contributed by atoms with Crippen molar-refractivity contribution < 1.29 is 23.1 Å². The highest BCUT2D eigenvalue weighted by atomic mass is 32.1. The van der Waals surface area contributed by atoms with Gasteiger partial charge >= 0.3 is 6.18 Å². The van der Waals surface area contributed by atoms with Crippen molar-refractivity contribution in [3.63, 3.8) is 0 Å². The SMILES string of the molecule is O=C1c2cc(C(F)(F)F)ccc2N=C2N(c3ccc4ncsc4c3)CC[C@@]12O. The van der Waals surface area contributed by atoms with E-state index in [1.54, 1.807) is 10.4 Å². The number of anilines is 1. The number of hydrogen-bond acceptors (Lipinski definition) is 6. The van der Waals surface area contributed by atoms with Gasteiger partial charge in [0.1, 0.15) is 5.84 Å². The molecule has 1 atom stereocenters. The second-order valence-corrected chi connectivity index (χ2v) is 7.65. The quantitative estimate of drug-likeness (QED) is 0.662. The number of hydrogen-bond donors (Lipinski definition) is 1. The smallest absolute Gasteiger partial charge is 0.374 e. The van der Waals surface area contributed by atoms with Gasteiger partial charge in [-0.3, -0.25) is 4.79 Å². The molecule has 0 amide bonds. The first-order chi connectivity index (χ1) is 13.3. The summed E-state index contributed by atoms with van der Waals surface area (Å²) in [6.07, 6.45) is -4.52. The number of fused-ring (bicyclic) bond motifs is 3. The minimum Gasteiger partial charge on any atom is -0.374 e. The van der Waals surface area contributed by atoms with Crippen molar-refractivity contribution in [2.24, 2.45) is 4.99 Å². The largest absolute Gasteiger partial charge is 0.416 e. The van der Waals surface area contributed by atoms with Crippen LogP contribution in [0.1, 0.15) is 22.3 Å². The summed E-state index contributed by atoms with van der Waals surface area (Å²) in [5.74, 6) is -0.603. The number of amidine groups is 1. The first-order valence-electron chi connectivity index (χ1n) is 8.46. The van der Waals surface area contributed by atoms with Gasteiger partial charge in [0.25, 0.3) is 0 Å². The number of carbonyl (C=O) groups excluding carboxylic acids is 1. The Labute approximate surface area is 160 Å². The van der Waals surface area contributed by atoms with Crippen LogP contribution < -0.4 is 4.90 Å². The van der Waals surface area contributed by atoms with Crippen LogP contribution in [0, 0.1) is 0 Å². The Morgan fingerprint density at radius 1 is 1.18 bits per heavy atom. The van der Waals surface area contributed by atoms with Gasteiger partial charge in [0, 0.05) is 24.2 Å². The zero-order valence-corrected chi connectivity index (χ0v) is 15.0. The number of rotatable bonds is 1. The van der Waals surface area contributed by atoms with Crippen molar-refractivity contribution >= 4 is 44.5 Å². The van der Waals surface area contributed by atoms with Crippen LogP contribution in [-0.2, 0) is 6.18 Å². The van der Waals surface area contributed by atoms with Crippen molar-refractivity contribution in [1.82, 2.24) is 4.98 Å². The number of thiazole rings is 1. The zero-order chi connectivity index (χ0) is 19.7. The van der Waals surface area contributed by atoms with Gasteiger partial charge in [0.05, 0.1) is 27.0 Å². The lowest BCUT2D eigenvalue weighted by Gasteiger charge is -2.30. The van der Waals surface area contributed by atoms with Crippen molar-refractivity contribution in [3.05, 3.63) is 53.0 Å². The number of aliphatic imine (C=N–C) groups is 1. The molecule has 0 unspecified atom stereocenters. The molecule has 2 aliphatic heterocycles. The van der Waals surface area contributed by atoms with Gasteiger partial charge in [0.15, 0.2) is 5.60 Å². The zero-order valence-electron chi connectivity index (χ0n) is 14.2. The first kappa shape index (κ1) is 17.3. The Kier molecular flexibility index (Phi) is 3.48. The monoisotopic (exact) mass is 403 g/mol. The Bertz CT molecular complexity index is 1170. The minimum atomic E-state index is -4.58. The number of nitrogens with zero attached hydrogens (tertiary/aromatic N) is 3. The molecule has 3 heterocycles. The summed E-state index contributed by atoms with van der Waals surface area (Å²) in [7, 11) is 0. The molecular weight excluding hydrogens is 391 g/mol. The lowest BCUT2D eigenvalue weighted by molar-refractivity contribution is -0.137. The second kappa shape index (κ2) is 5.62. The van der Waals surface area contributed by atoms with E-state index in [0.717, 1.165) is 28.0 Å². The molecule has 0 spiro atoms. The van der Waals surface area contributed by atoms with Crippen LogP contribution in [-0.4, -0.2) is 33.9 Å². The molecule has 0 bridgehead atoms. The number of benzene rings is 2. The molecule has 1 fully saturated rings. The van der Waals surface area contributed by atoms with Crippen LogP contribution in [0.3, 0.4) is 0 Å². The van der Waals surface area contributed by atoms with E-state index < -0.39 is 23.1 Å². The maximum Gasteiger partial charge on any atom is 0.416 e. The molecule has 0 saturated carbocycles. The summed E-state index contributed by atoms with van der Waals surface area (Å²) in [6, 6.07) is 8.39. The molecule has 5 rings (SSSR count). The lowest BCUT2D eigenvalue weighted by Crippen LogP contribution is -2.48. The van der Waals surface area contributed by atoms with E-state index in [2.05, 4.69) is 9.98 Å². The molecular formula is C19H12F3N3O2S. The maximum atomic E-state index is 13.0. The molecule has 3 aromatic rings. The number of aromatic nitrogens is 1. The number of halogens is 3. The Morgan fingerprint density at radius 2 is 2.00 bits per heavy atom. The van der Waals surface area contributed by atoms with Gasteiger partial charge in [-0.15, -0.1) is 11.3 Å². The fourth-order valence-corrected chi connectivity index (χ4v) is 4.38. The van der Waals surface area contributed by atoms with Crippen molar-refractivity contribution in [1.29, 1.82) is 0 Å². The van der Waals surface area contributed by atoms with Crippen molar-refractivity contribution in [3.8, 4) is 0 Å². The molecule has 1 saturated heterocycles. The maximum absolute atomic E-state index is 13.0. The number of aliphatic hydroxyl groups is 1. The van der Waals surface area contributed by atoms with E-state index in [-0.39, 0.29) is 23.5 Å². The highest BCUT2D eigenvalue weighted by Gasteiger charge is 2.52. The highest BCUT2D eigenvalue weighted by Crippen LogP contribution is 2.42. The van der Waals surface area contributed by atoms with Gasteiger partial charge in [-0.2, -0.15) is 13.2 Å². The first-order valence-corrected chi connectivity index (χ1v) is 9.34. The Balaban J connectivity index is 1.63. The van der Waals surface area contributed by atoms with Crippen LogP contribution in [0.2, 0.25) is 0 Å². The highest BCUT2D eigenvalue weighted by molar-refractivity contribution is 7.16. The van der Waals surface area contributed by atoms with Gasteiger partial charge in [-0.25, -0.2) is 9.98 Å². The number of carbonyl (C=O) groups is 1. The average molecular weight is 403 g/mol. The normalized spacial score (nSPS) is 21.6. The van der Waals surface area contributed by atoms with Crippen molar-refractivity contribution in [2.75, 3.05) is 11.4 Å². The van der Waals surface area contributed by atoms with E-state index in [0.29, 0.717) is 6.54 Å².